The number of aromatic nitrogens is 2. The van der Waals surface area contributed by atoms with E-state index in [1.54, 1.807) is 24.5 Å². The van der Waals surface area contributed by atoms with Crippen molar-refractivity contribution in [2.45, 2.75) is 0 Å². The van der Waals surface area contributed by atoms with Crippen LogP contribution in [0.3, 0.4) is 0 Å². The highest BCUT2D eigenvalue weighted by atomic mass is 16.3. The van der Waals surface area contributed by atoms with Gasteiger partial charge in [-0.3, -0.25) is 0 Å². The molecule has 1 heterocycles. The summed E-state index contributed by atoms with van der Waals surface area (Å²) in [6.45, 7) is 0. The van der Waals surface area contributed by atoms with Crippen molar-refractivity contribution in [3.05, 3.63) is 43.0 Å². The summed E-state index contributed by atoms with van der Waals surface area (Å²) in [6.07, 6.45) is 4.80. The van der Waals surface area contributed by atoms with E-state index in [1.807, 2.05) is 12.1 Å². The molecule has 0 radical (unpaired) electrons. The first-order valence-electron chi connectivity index (χ1n) is 3.91. The molecule has 1 N–H and O–H groups in total. The molecule has 0 aliphatic heterocycles. The van der Waals surface area contributed by atoms with Crippen LogP contribution in [0.15, 0.2) is 43.0 Å². The summed E-state index contributed by atoms with van der Waals surface area (Å²) in [5, 5.41) is 9.51. The summed E-state index contributed by atoms with van der Waals surface area (Å²) >= 11 is 0. The quantitative estimate of drug-likeness (QED) is 0.714. The smallest absolute Gasteiger partial charge is 0.123 e. The van der Waals surface area contributed by atoms with E-state index < -0.39 is 0 Å². The van der Waals surface area contributed by atoms with Gasteiger partial charge in [0.15, 0.2) is 0 Å². The molecule has 2 aromatic rings. The molecule has 0 fully saturated rings. The van der Waals surface area contributed by atoms with Crippen molar-refractivity contribution in [1.82, 2.24) is 9.97 Å². The lowest BCUT2D eigenvalue weighted by molar-refractivity contribution is 0.477. The minimum atomic E-state index is 0.248. The van der Waals surface area contributed by atoms with E-state index in [1.165, 1.54) is 6.33 Å². The van der Waals surface area contributed by atoms with Crippen LogP contribution in [0.2, 0.25) is 0 Å². The lowest BCUT2D eigenvalue weighted by Crippen LogP contribution is -1.81. The highest BCUT2D eigenvalue weighted by molar-refractivity contribution is 5.68. The molecule has 0 aliphatic carbocycles. The molecule has 64 valence electrons. The standard InChI is InChI=1S/C10H8N2O/c13-10-4-2-1-3-9(10)8-5-11-7-12-6-8/h1-7,13H. The second-order valence-electron chi connectivity index (χ2n) is 2.64. The number of nitrogens with zero attached hydrogens (tertiary/aromatic N) is 2. The average Bonchev–Trinajstić information content (AvgIpc) is 2.20. The van der Waals surface area contributed by atoms with Crippen molar-refractivity contribution in [3.8, 4) is 16.9 Å². The van der Waals surface area contributed by atoms with E-state index in [-0.39, 0.29) is 5.75 Å². The molecule has 2 rings (SSSR count). The van der Waals surface area contributed by atoms with Crippen molar-refractivity contribution in [2.24, 2.45) is 0 Å². The maximum atomic E-state index is 9.51. The van der Waals surface area contributed by atoms with E-state index in [0.717, 1.165) is 11.1 Å². The van der Waals surface area contributed by atoms with Gasteiger partial charge in [-0.15, -0.1) is 0 Å². The van der Waals surface area contributed by atoms with Crippen LogP contribution >= 0.6 is 0 Å². The van der Waals surface area contributed by atoms with Crippen molar-refractivity contribution in [1.29, 1.82) is 0 Å². The molecular formula is C10H8N2O. The van der Waals surface area contributed by atoms with Crippen LogP contribution in [0.4, 0.5) is 0 Å². The number of hydrogen-bond acceptors (Lipinski definition) is 3. The van der Waals surface area contributed by atoms with Gasteiger partial charge in [0.1, 0.15) is 12.1 Å². The summed E-state index contributed by atoms with van der Waals surface area (Å²) in [7, 11) is 0. The lowest BCUT2D eigenvalue weighted by Gasteiger charge is -2.01. The first-order chi connectivity index (χ1) is 6.38. The second-order valence-corrected chi connectivity index (χ2v) is 2.64. The zero-order valence-electron chi connectivity index (χ0n) is 6.88. The Bertz CT molecular complexity index is 401. The molecule has 0 amide bonds. The summed E-state index contributed by atoms with van der Waals surface area (Å²) in [4.78, 5) is 7.76. The predicted molar refractivity (Wildman–Crippen MR) is 49.1 cm³/mol. The topological polar surface area (TPSA) is 46.0 Å². The van der Waals surface area contributed by atoms with Crippen molar-refractivity contribution in [2.75, 3.05) is 0 Å². The monoisotopic (exact) mass is 172 g/mol. The number of hydrogen-bond donors (Lipinski definition) is 1. The molecule has 0 aliphatic rings. The van der Waals surface area contributed by atoms with Crippen LogP contribution in [0.1, 0.15) is 0 Å². The summed E-state index contributed by atoms with van der Waals surface area (Å²) in [6, 6.07) is 7.11. The van der Waals surface area contributed by atoms with Gasteiger partial charge in [0.2, 0.25) is 0 Å². The van der Waals surface area contributed by atoms with E-state index in [0.29, 0.717) is 0 Å². The normalized spacial score (nSPS) is 9.85. The maximum absolute atomic E-state index is 9.51. The van der Waals surface area contributed by atoms with Gasteiger partial charge in [0.25, 0.3) is 0 Å². The highest BCUT2D eigenvalue weighted by Crippen LogP contribution is 2.26. The second kappa shape index (κ2) is 3.23. The van der Waals surface area contributed by atoms with E-state index in [2.05, 4.69) is 9.97 Å². The Kier molecular flexibility index (Phi) is 1.92. The fraction of sp³-hybridized carbons (Fsp3) is 0. The van der Waals surface area contributed by atoms with Gasteiger partial charge in [-0.1, -0.05) is 18.2 Å². The van der Waals surface area contributed by atoms with Gasteiger partial charge in [-0.25, -0.2) is 9.97 Å². The number of phenolic OH excluding ortho intramolecular Hbond substituents is 1. The Hall–Kier alpha value is -1.90. The Labute approximate surface area is 75.7 Å². The fourth-order valence-corrected chi connectivity index (χ4v) is 1.16. The molecule has 0 spiro atoms. The molecule has 1 aromatic heterocycles. The maximum Gasteiger partial charge on any atom is 0.123 e. The van der Waals surface area contributed by atoms with Gasteiger partial charge in [-0.05, 0) is 6.07 Å². The Morgan fingerprint density at radius 3 is 2.38 bits per heavy atom. The zero-order chi connectivity index (χ0) is 9.10. The summed E-state index contributed by atoms with van der Waals surface area (Å²) in [5.74, 6) is 0.248. The van der Waals surface area contributed by atoms with Crippen LogP contribution in [-0.2, 0) is 0 Å². The Morgan fingerprint density at radius 1 is 1.00 bits per heavy atom. The fourth-order valence-electron chi connectivity index (χ4n) is 1.16. The molecule has 0 unspecified atom stereocenters. The van der Waals surface area contributed by atoms with E-state index >= 15 is 0 Å². The minimum Gasteiger partial charge on any atom is -0.507 e. The van der Waals surface area contributed by atoms with Crippen molar-refractivity contribution >= 4 is 0 Å². The number of aromatic hydroxyl groups is 1. The number of phenols is 1. The minimum absolute atomic E-state index is 0.248. The molecule has 0 saturated carbocycles. The number of benzene rings is 1. The first-order valence-corrected chi connectivity index (χ1v) is 3.91. The number of rotatable bonds is 1. The summed E-state index contributed by atoms with van der Waals surface area (Å²) < 4.78 is 0. The molecule has 3 heteroatoms. The van der Waals surface area contributed by atoms with Gasteiger partial charge < -0.3 is 5.11 Å². The highest BCUT2D eigenvalue weighted by Gasteiger charge is 2.01. The van der Waals surface area contributed by atoms with Crippen LogP contribution in [-0.4, -0.2) is 15.1 Å². The van der Waals surface area contributed by atoms with E-state index in [4.69, 9.17) is 0 Å². The molecule has 1 aromatic carbocycles. The van der Waals surface area contributed by atoms with Gasteiger partial charge in [0.05, 0.1) is 0 Å². The third-order valence-corrected chi connectivity index (χ3v) is 1.78. The Morgan fingerprint density at radius 2 is 1.69 bits per heavy atom. The molecule has 0 bridgehead atoms. The molecule has 0 atom stereocenters. The van der Waals surface area contributed by atoms with Crippen LogP contribution in [0.5, 0.6) is 5.75 Å². The van der Waals surface area contributed by atoms with Gasteiger partial charge in [-0.2, -0.15) is 0 Å². The third-order valence-electron chi connectivity index (χ3n) is 1.78. The largest absolute Gasteiger partial charge is 0.507 e. The zero-order valence-corrected chi connectivity index (χ0v) is 6.88. The van der Waals surface area contributed by atoms with Crippen LogP contribution in [0, 0.1) is 0 Å². The molecule has 3 nitrogen and oxygen atoms in total. The van der Waals surface area contributed by atoms with Crippen molar-refractivity contribution < 1.29 is 5.11 Å². The van der Waals surface area contributed by atoms with E-state index in [9.17, 15) is 5.11 Å². The first kappa shape index (κ1) is 7.73. The van der Waals surface area contributed by atoms with Crippen LogP contribution in [0.25, 0.3) is 11.1 Å². The third kappa shape index (κ3) is 1.49. The van der Waals surface area contributed by atoms with Crippen molar-refractivity contribution in [3.63, 3.8) is 0 Å². The van der Waals surface area contributed by atoms with Gasteiger partial charge >= 0.3 is 0 Å². The predicted octanol–water partition coefficient (Wildman–Crippen LogP) is 1.85. The Balaban J connectivity index is 2.54. The SMILES string of the molecule is Oc1ccccc1-c1cncnc1. The average molecular weight is 172 g/mol. The number of para-hydroxylation sites is 1. The molecule has 13 heavy (non-hydrogen) atoms. The summed E-state index contributed by atoms with van der Waals surface area (Å²) in [5.41, 5.74) is 1.57. The molecular weight excluding hydrogens is 164 g/mol. The van der Waals surface area contributed by atoms with Gasteiger partial charge in [0, 0.05) is 23.5 Å². The lowest BCUT2D eigenvalue weighted by atomic mass is 10.1. The van der Waals surface area contributed by atoms with Crippen LogP contribution < -0.4 is 0 Å². The molecule has 0 saturated heterocycles.